The molecule has 0 bridgehead atoms. The van der Waals surface area contributed by atoms with Crippen LogP contribution in [0.4, 0.5) is 10.6 Å². The maximum Gasteiger partial charge on any atom is 0.410 e. The summed E-state index contributed by atoms with van der Waals surface area (Å²) in [6, 6.07) is 17.2. The third-order valence-electron chi connectivity index (χ3n) is 6.94. The van der Waals surface area contributed by atoms with Crippen LogP contribution in [-0.4, -0.2) is 55.0 Å². The first-order chi connectivity index (χ1) is 20.5. The fraction of sp³-hybridized carbons (Fsp3) is 0.241. The molecule has 1 aliphatic rings. The SMILES string of the molecule is O=C(O)Nc1nonc1-c1nc2c(-c3cccc(Cl)c3)ncc(C(=O)NCCNCc3ccccc3)c2n1CC1CC1. The van der Waals surface area contributed by atoms with E-state index < -0.39 is 6.09 Å². The van der Waals surface area contributed by atoms with E-state index in [0.29, 0.717) is 70.8 Å². The molecule has 1 fully saturated rings. The lowest BCUT2D eigenvalue weighted by atomic mass is 10.1. The smallest absolute Gasteiger partial charge is 0.410 e. The number of hydrogen-bond acceptors (Lipinski definition) is 8. The molecule has 12 nitrogen and oxygen atoms in total. The molecular formula is C29H27ClN8O4. The average molecular weight is 587 g/mol. The van der Waals surface area contributed by atoms with Crippen LogP contribution in [0.1, 0.15) is 28.8 Å². The van der Waals surface area contributed by atoms with Crippen molar-refractivity contribution in [3.8, 4) is 22.8 Å². The van der Waals surface area contributed by atoms with Crippen LogP contribution in [-0.2, 0) is 13.1 Å². The van der Waals surface area contributed by atoms with Crippen molar-refractivity contribution < 1.29 is 19.3 Å². The van der Waals surface area contributed by atoms with Gasteiger partial charge in [-0.15, -0.1) is 0 Å². The van der Waals surface area contributed by atoms with Gasteiger partial charge in [-0.05, 0) is 46.8 Å². The molecule has 3 aromatic heterocycles. The van der Waals surface area contributed by atoms with Gasteiger partial charge in [0, 0.05) is 43.0 Å². The summed E-state index contributed by atoms with van der Waals surface area (Å²) in [7, 11) is 0. The van der Waals surface area contributed by atoms with Gasteiger partial charge in [-0.2, -0.15) is 0 Å². The van der Waals surface area contributed by atoms with Crippen LogP contribution >= 0.6 is 11.6 Å². The van der Waals surface area contributed by atoms with Crippen LogP contribution in [0.3, 0.4) is 0 Å². The number of pyridine rings is 1. The predicted octanol–water partition coefficient (Wildman–Crippen LogP) is 4.82. The summed E-state index contributed by atoms with van der Waals surface area (Å²) in [6.45, 7) is 2.20. The Balaban J connectivity index is 1.39. The van der Waals surface area contributed by atoms with E-state index in [1.807, 2.05) is 47.0 Å². The van der Waals surface area contributed by atoms with Crippen LogP contribution in [0.25, 0.3) is 33.8 Å². The molecule has 0 radical (unpaired) electrons. The minimum atomic E-state index is -1.32. The van der Waals surface area contributed by atoms with Crippen molar-refractivity contribution in [3.63, 3.8) is 0 Å². The summed E-state index contributed by atoms with van der Waals surface area (Å²) in [5, 5.41) is 26.0. The van der Waals surface area contributed by atoms with Crippen LogP contribution in [0.15, 0.2) is 65.4 Å². The number of hydrogen-bond donors (Lipinski definition) is 4. The number of rotatable bonds is 11. The zero-order chi connectivity index (χ0) is 29.1. The summed E-state index contributed by atoms with van der Waals surface area (Å²) in [5.41, 5.74) is 3.85. The van der Waals surface area contributed by atoms with Crippen molar-refractivity contribution in [2.45, 2.75) is 25.9 Å². The normalized spacial score (nSPS) is 12.9. The molecule has 0 atom stereocenters. The molecular weight excluding hydrogens is 560 g/mol. The zero-order valence-electron chi connectivity index (χ0n) is 22.4. The third-order valence-corrected chi connectivity index (χ3v) is 7.17. The summed E-state index contributed by atoms with van der Waals surface area (Å²) in [6.07, 6.45) is 2.27. The third kappa shape index (κ3) is 5.94. The molecule has 2 amide bonds. The molecule has 13 heteroatoms. The number of nitrogens with one attached hydrogen (secondary N) is 3. The lowest BCUT2D eigenvalue weighted by Crippen LogP contribution is -2.32. The highest BCUT2D eigenvalue weighted by Crippen LogP contribution is 2.38. The minimum absolute atomic E-state index is 0.0948. The van der Waals surface area contributed by atoms with Crippen molar-refractivity contribution in [2.75, 3.05) is 18.4 Å². The number of imidazole rings is 1. The fourth-order valence-corrected chi connectivity index (χ4v) is 4.97. The fourth-order valence-electron chi connectivity index (χ4n) is 4.78. The Labute approximate surface area is 245 Å². The number of amides is 2. The lowest BCUT2D eigenvalue weighted by Gasteiger charge is -2.12. The molecule has 42 heavy (non-hydrogen) atoms. The molecule has 1 saturated carbocycles. The van der Waals surface area contributed by atoms with Crippen LogP contribution in [0.2, 0.25) is 5.02 Å². The Hall–Kier alpha value is -4.81. The van der Waals surface area contributed by atoms with Crippen LogP contribution < -0.4 is 16.0 Å². The molecule has 5 aromatic rings. The predicted molar refractivity (Wildman–Crippen MR) is 156 cm³/mol. The van der Waals surface area contributed by atoms with Gasteiger partial charge in [0.25, 0.3) is 5.91 Å². The van der Waals surface area contributed by atoms with E-state index >= 15 is 0 Å². The van der Waals surface area contributed by atoms with Crippen LogP contribution in [0.5, 0.6) is 0 Å². The summed E-state index contributed by atoms with van der Waals surface area (Å²) >= 11 is 6.30. The van der Waals surface area contributed by atoms with Gasteiger partial charge in [0.2, 0.25) is 5.82 Å². The number of benzene rings is 2. The molecule has 2 aromatic carbocycles. The first kappa shape index (κ1) is 27.4. The molecule has 0 saturated heterocycles. The summed E-state index contributed by atoms with van der Waals surface area (Å²) in [4.78, 5) is 34.5. The van der Waals surface area contributed by atoms with Gasteiger partial charge in [-0.3, -0.25) is 15.1 Å². The zero-order valence-corrected chi connectivity index (χ0v) is 23.1. The second-order valence-electron chi connectivity index (χ2n) is 10.0. The first-order valence-electron chi connectivity index (χ1n) is 13.5. The Kier molecular flexibility index (Phi) is 7.80. The molecule has 1 aliphatic carbocycles. The van der Waals surface area contributed by atoms with Crippen molar-refractivity contribution in [1.82, 2.24) is 35.5 Å². The highest BCUT2D eigenvalue weighted by Gasteiger charge is 2.31. The quantitative estimate of drug-likeness (QED) is 0.159. The van der Waals surface area contributed by atoms with Gasteiger partial charge >= 0.3 is 6.09 Å². The number of anilines is 1. The molecule has 0 unspecified atom stereocenters. The van der Waals surface area contributed by atoms with E-state index in [0.717, 1.165) is 18.4 Å². The number of carboxylic acid groups (broad SMARTS) is 1. The molecule has 0 aliphatic heterocycles. The van der Waals surface area contributed by atoms with Crippen molar-refractivity contribution in [1.29, 1.82) is 0 Å². The number of nitrogens with zero attached hydrogens (tertiary/aromatic N) is 5. The monoisotopic (exact) mass is 586 g/mol. The van der Waals surface area contributed by atoms with E-state index in [1.165, 1.54) is 6.20 Å². The number of halogens is 1. The second kappa shape index (κ2) is 12.0. The topological polar surface area (TPSA) is 160 Å². The number of carbonyl (C=O) groups excluding carboxylic acids is 1. The van der Waals surface area contributed by atoms with Crippen LogP contribution in [0, 0.1) is 5.92 Å². The lowest BCUT2D eigenvalue weighted by molar-refractivity contribution is 0.0954. The van der Waals surface area contributed by atoms with E-state index in [-0.39, 0.29) is 17.4 Å². The Morgan fingerprint density at radius 3 is 2.64 bits per heavy atom. The Morgan fingerprint density at radius 2 is 1.88 bits per heavy atom. The highest BCUT2D eigenvalue weighted by molar-refractivity contribution is 6.30. The van der Waals surface area contributed by atoms with Gasteiger partial charge in [-0.25, -0.2) is 14.4 Å². The Bertz CT molecular complexity index is 1750. The highest BCUT2D eigenvalue weighted by atomic mass is 35.5. The first-order valence-corrected chi connectivity index (χ1v) is 13.9. The maximum atomic E-state index is 13.6. The van der Waals surface area contributed by atoms with Gasteiger partial charge in [0.15, 0.2) is 11.5 Å². The van der Waals surface area contributed by atoms with Gasteiger partial charge in [0.1, 0.15) is 5.52 Å². The van der Waals surface area contributed by atoms with E-state index in [9.17, 15) is 14.7 Å². The molecule has 214 valence electrons. The van der Waals surface area contributed by atoms with Gasteiger partial charge in [-0.1, -0.05) is 54.1 Å². The molecule has 0 spiro atoms. The number of carbonyl (C=O) groups is 2. The Morgan fingerprint density at radius 1 is 1.05 bits per heavy atom. The number of aromatic nitrogens is 5. The van der Waals surface area contributed by atoms with Crippen molar-refractivity contribution in [3.05, 3.63) is 76.9 Å². The van der Waals surface area contributed by atoms with Crippen molar-refractivity contribution in [2.24, 2.45) is 5.92 Å². The van der Waals surface area contributed by atoms with Gasteiger partial charge in [0.05, 0.1) is 16.8 Å². The standard InChI is InChI=1S/C29H27ClN8O4/c30-20-8-4-7-19(13-20)22-23-25(21(15-33-22)28(39)32-12-11-31-14-17-5-2-1-3-6-17)38(16-18-9-10-18)27(34-23)24-26(35-29(40)41)37-42-36-24/h1-8,13,15,18,31H,9-12,14,16H2,(H,32,39)(H,35,37)(H,40,41). The van der Waals surface area contributed by atoms with E-state index in [2.05, 4.69) is 31.2 Å². The summed E-state index contributed by atoms with van der Waals surface area (Å²) < 4.78 is 6.78. The number of fused-ring (bicyclic) bond motifs is 1. The van der Waals surface area contributed by atoms with E-state index in [4.69, 9.17) is 21.2 Å². The summed E-state index contributed by atoms with van der Waals surface area (Å²) in [5.74, 6) is 0.287. The average Bonchev–Trinajstić information content (AvgIpc) is 3.57. The molecule has 3 heterocycles. The minimum Gasteiger partial charge on any atom is -0.465 e. The van der Waals surface area contributed by atoms with Crippen molar-refractivity contribution >= 4 is 40.5 Å². The van der Waals surface area contributed by atoms with E-state index in [1.54, 1.807) is 12.1 Å². The second-order valence-corrected chi connectivity index (χ2v) is 10.5. The molecule has 4 N–H and O–H groups in total. The maximum absolute atomic E-state index is 13.6. The largest absolute Gasteiger partial charge is 0.465 e. The van der Waals surface area contributed by atoms with Gasteiger partial charge < -0.3 is 20.3 Å². The molecule has 6 rings (SSSR count).